The van der Waals surface area contributed by atoms with Gasteiger partial charge in [0.25, 0.3) is 0 Å². The largest absolute Gasteiger partial charge is 0.490 e. The average Bonchev–Trinajstić information content (AvgIpc) is 2.46. The Hall–Kier alpha value is -1.52. The summed E-state index contributed by atoms with van der Waals surface area (Å²) in [6.07, 6.45) is 4.92. The lowest BCUT2D eigenvalue weighted by Crippen LogP contribution is -2.26. The van der Waals surface area contributed by atoms with E-state index in [1.165, 1.54) is 0 Å². The molecule has 5 nitrogen and oxygen atoms in total. The highest BCUT2D eigenvalue weighted by Crippen LogP contribution is 2.30. The molecular weight excluding hydrogens is 252 g/mol. The van der Waals surface area contributed by atoms with E-state index in [0.717, 1.165) is 37.4 Å². The van der Waals surface area contributed by atoms with Crippen molar-refractivity contribution in [1.29, 1.82) is 0 Å². The van der Waals surface area contributed by atoms with E-state index in [4.69, 9.17) is 4.74 Å². The molecule has 2 N–H and O–H groups in total. The third kappa shape index (κ3) is 4.25. The fraction of sp³-hybridized carbons (Fsp3) is 0.733. The fourth-order valence-corrected chi connectivity index (χ4v) is 2.37. The summed E-state index contributed by atoms with van der Waals surface area (Å²) in [5.41, 5.74) is 0. The summed E-state index contributed by atoms with van der Waals surface area (Å²) < 4.78 is 5.47. The van der Waals surface area contributed by atoms with Crippen LogP contribution in [-0.2, 0) is 0 Å². The quantitative estimate of drug-likeness (QED) is 0.724. The number of nitrogens with one attached hydrogen (secondary N) is 2. The molecule has 1 heterocycles. The van der Waals surface area contributed by atoms with Gasteiger partial charge in [0.05, 0.1) is 7.11 Å². The van der Waals surface area contributed by atoms with Crippen molar-refractivity contribution < 1.29 is 4.74 Å². The summed E-state index contributed by atoms with van der Waals surface area (Å²) in [6, 6.07) is 0.354. The lowest BCUT2D eigenvalue weighted by molar-refractivity contribution is 0.407. The van der Waals surface area contributed by atoms with Gasteiger partial charge in [0.15, 0.2) is 11.6 Å². The molecule has 0 fully saturated rings. The molecule has 0 radical (unpaired) electrons. The molecule has 0 spiro atoms. The van der Waals surface area contributed by atoms with E-state index in [2.05, 4.69) is 48.3 Å². The first-order valence-electron chi connectivity index (χ1n) is 7.57. The van der Waals surface area contributed by atoms with Crippen molar-refractivity contribution in [2.45, 2.75) is 53.0 Å². The number of methoxy groups -OCH3 is 1. The monoisotopic (exact) mass is 280 g/mol. The Balaban J connectivity index is 2.88. The Bertz CT molecular complexity index is 393. The zero-order valence-electron chi connectivity index (χ0n) is 13.4. The van der Waals surface area contributed by atoms with Crippen molar-refractivity contribution in [2.24, 2.45) is 5.92 Å². The van der Waals surface area contributed by atoms with Crippen LogP contribution in [0.2, 0.25) is 0 Å². The van der Waals surface area contributed by atoms with Gasteiger partial charge < -0.3 is 15.4 Å². The second-order valence-corrected chi connectivity index (χ2v) is 5.04. The van der Waals surface area contributed by atoms with Crippen LogP contribution in [0.4, 0.5) is 11.6 Å². The van der Waals surface area contributed by atoms with Crippen LogP contribution in [0.25, 0.3) is 0 Å². The van der Waals surface area contributed by atoms with Gasteiger partial charge in [-0.3, -0.25) is 0 Å². The summed E-state index contributed by atoms with van der Waals surface area (Å²) in [6.45, 7) is 9.62. The zero-order chi connectivity index (χ0) is 15.0. The number of rotatable bonds is 9. The first-order valence-corrected chi connectivity index (χ1v) is 7.57. The van der Waals surface area contributed by atoms with Gasteiger partial charge >= 0.3 is 0 Å². The Morgan fingerprint density at radius 1 is 1.15 bits per heavy atom. The third-order valence-electron chi connectivity index (χ3n) is 3.67. The molecule has 114 valence electrons. The molecule has 0 aromatic carbocycles. The molecule has 1 aromatic rings. The molecule has 0 aliphatic rings. The standard InChI is InChI=1S/C15H28N4O/c1-6-9-16-14-13(20-5)15(18-10-17-14)19-11(4)12(7-2)8-3/h10-12H,6-9H2,1-5H3,(H2,16,17,18,19). The predicted octanol–water partition coefficient (Wildman–Crippen LogP) is 3.54. The molecular formula is C15H28N4O. The molecule has 5 heteroatoms. The highest BCUT2D eigenvalue weighted by molar-refractivity contribution is 5.63. The fourth-order valence-electron chi connectivity index (χ4n) is 2.37. The van der Waals surface area contributed by atoms with Crippen LogP contribution in [0.15, 0.2) is 6.33 Å². The van der Waals surface area contributed by atoms with Gasteiger partial charge in [0.2, 0.25) is 5.75 Å². The number of anilines is 2. The molecule has 0 saturated heterocycles. The lowest BCUT2D eigenvalue weighted by atomic mass is 9.95. The Morgan fingerprint density at radius 2 is 1.80 bits per heavy atom. The summed E-state index contributed by atoms with van der Waals surface area (Å²) >= 11 is 0. The van der Waals surface area contributed by atoms with E-state index in [0.29, 0.717) is 17.7 Å². The highest BCUT2D eigenvalue weighted by atomic mass is 16.5. The van der Waals surface area contributed by atoms with E-state index < -0.39 is 0 Å². The van der Waals surface area contributed by atoms with Gasteiger partial charge in [-0.05, 0) is 19.3 Å². The molecule has 1 unspecified atom stereocenters. The van der Waals surface area contributed by atoms with Crippen LogP contribution in [-0.4, -0.2) is 29.7 Å². The normalized spacial score (nSPS) is 12.3. The van der Waals surface area contributed by atoms with Crippen molar-refractivity contribution in [3.8, 4) is 5.75 Å². The molecule has 0 aliphatic heterocycles. The van der Waals surface area contributed by atoms with Gasteiger partial charge in [-0.2, -0.15) is 0 Å². The van der Waals surface area contributed by atoms with Crippen molar-refractivity contribution in [3.05, 3.63) is 6.33 Å². The Kier molecular flexibility index (Phi) is 7.12. The van der Waals surface area contributed by atoms with E-state index in [1.807, 2.05) is 0 Å². The van der Waals surface area contributed by atoms with Gasteiger partial charge in [0, 0.05) is 12.6 Å². The molecule has 1 aromatic heterocycles. The van der Waals surface area contributed by atoms with Crippen molar-refractivity contribution >= 4 is 11.6 Å². The second-order valence-electron chi connectivity index (χ2n) is 5.04. The van der Waals surface area contributed by atoms with Gasteiger partial charge in [0.1, 0.15) is 6.33 Å². The smallest absolute Gasteiger partial charge is 0.204 e. The Labute approximate surface area is 122 Å². The number of aromatic nitrogens is 2. The molecule has 0 bridgehead atoms. The highest BCUT2D eigenvalue weighted by Gasteiger charge is 2.18. The van der Waals surface area contributed by atoms with Gasteiger partial charge in [-0.1, -0.05) is 33.6 Å². The maximum atomic E-state index is 5.47. The van der Waals surface area contributed by atoms with Crippen LogP contribution in [0, 0.1) is 5.92 Å². The maximum absolute atomic E-state index is 5.47. The number of nitrogens with zero attached hydrogens (tertiary/aromatic N) is 2. The van der Waals surface area contributed by atoms with E-state index in [1.54, 1.807) is 13.4 Å². The third-order valence-corrected chi connectivity index (χ3v) is 3.67. The topological polar surface area (TPSA) is 59.1 Å². The summed E-state index contributed by atoms with van der Waals surface area (Å²) in [4.78, 5) is 8.57. The van der Waals surface area contributed by atoms with E-state index >= 15 is 0 Å². The van der Waals surface area contributed by atoms with E-state index in [-0.39, 0.29) is 0 Å². The lowest BCUT2D eigenvalue weighted by Gasteiger charge is -2.24. The summed E-state index contributed by atoms with van der Waals surface area (Å²) in [7, 11) is 1.66. The number of hydrogen-bond acceptors (Lipinski definition) is 5. The van der Waals surface area contributed by atoms with Crippen molar-refractivity contribution in [2.75, 3.05) is 24.3 Å². The SMILES string of the molecule is CCCNc1ncnc(NC(C)C(CC)CC)c1OC. The van der Waals surface area contributed by atoms with Crippen molar-refractivity contribution in [1.82, 2.24) is 9.97 Å². The minimum Gasteiger partial charge on any atom is -0.490 e. The van der Waals surface area contributed by atoms with Crippen LogP contribution in [0.5, 0.6) is 5.75 Å². The molecule has 0 amide bonds. The first-order chi connectivity index (χ1) is 9.67. The first kappa shape index (κ1) is 16.5. The molecule has 0 aliphatic carbocycles. The van der Waals surface area contributed by atoms with Crippen LogP contribution in [0.3, 0.4) is 0 Å². The molecule has 1 atom stereocenters. The van der Waals surface area contributed by atoms with Crippen LogP contribution in [0.1, 0.15) is 47.0 Å². The van der Waals surface area contributed by atoms with E-state index in [9.17, 15) is 0 Å². The van der Waals surface area contributed by atoms with Crippen LogP contribution < -0.4 is 15.4 Å². The maximum Gasteiger partial charge on any atom is 0.204 e. The molecule has 20 heavy (non-hydrogen) atoms. The minimum atomic E-state index is 0.354. The molecule has 1 rings (SSSR count). The number of ether oxygens (including phenoxy) is 1. The average molecular weight is 280 g/mol. The van der Waals surface area contributed by atoms with Gasteiger partial charge in [-0.25, -0.2) is 9.97 Å². The number of hydrogen-bond donors (Lipinski definition) is 2. The predicted molar refractivity (Wildman–Crippen MR) is 84.5 cm³/mol. The zero-order valence-corrected chi connectivity index (χ0v) is 13.4. The second kappa shape index (κ2) is 8.61. The molecule has 0 saturated carbocycles. The van der Waals surface area contributed by atoms with Crippen molar-refractivity contribution in [3.63, 3.8) is 0 Å². The van der Waals surface area contributed by atoms with Crippen LogP contribution >= 0.6 is 0 Å². The summed E-state index contributed by atoms with van der Waals surface area (Å²) in [5.74, 6) is 2.84. The summed E-state index contributed by atoms with van der Waals surface area (Å²) in [5, 5.41) is 6.73. The van der Waals surface area contributed by atoms with Gasteiger partial charge in [-0.15, -0.1) is 0 Å². The minimum absolute atomic E-state index is 0.354. The Morgan fingerprint density at radius 3 is 2.35 bits per heavy atom.